The highest BCUT2D eigenvalue weighted by molar-refractivity contribution is 7.81. The summed E-state index contributed by atoms with van der Waals surface area (Å²) in [6.45, 7) is 5.25. The number of carbonyl (C=O) groups excluding carboxylic acids is 2. The van der Waals surface area contributed by atoms with Crippen molar-refractivity contribution in [2.24, 2.45) is 0 Å². The Bertz CT molecular complexity index is 187. The van der Waals surface area contributed by atoms with E-state index in [0.717, 1.165) is 0 Å². The van der Waals surface area contributed by atoms with E-state index in [1.165, 1.54) is 0 Å². The predicted molar refractivity (Wildman–Crippen MR) is 53.9 cm³/mol. The van der Waals surface area contributed by atoms with Gasteiger partial charge in [-0.3, -0.25) is 9.59 Å². The number of Topliss-reactive ketones (excluding diaryl/α,β-unsaturated/α-hetero) is 1. The molecule has 0 aromatic rings. The molecule has 0 radical (unpaired) electrons. The fraction of sp³-hybridized carbons (Fsp3) is 0.778. The minimum atomic E-state index is -0.322. The van der Waals surface area contributed by atoms with Crippen molar-refractivity contribution in [2.75, 3.05) is 0 Å². The molecule has 1 unspecified atom stereocenters. The molecule has 0 aliphatic carbocycles. The summed E-state index contributed by atoms with van der Waals surface area (Å²) in [6.07, 6.45) is 0.258. The van der Waals surface area contributed by atoms with E-state index in [2.05, 4.69) is 12.6 Å². The zero-order valence-electron chi connectivity index (χ0n) is 8.24. The molecule has 0 saturated carbocycles. The summed E-state index contributed by atoms with van der Waals surface area (Å²) in [5.41, 5.74) is 0. The van der Waals surface area contributed by atoms with Gasteiger partial charge in [-0.2, -0.15) is 12.6 Å². The van der Waals surface area contributed by atoms with Crippen molar-refractivity contribution >= 4 is 24.4 Å². The number of hydrogen-bond donors (Lipinski definition) is 1. The summed E-state index contributed by atoms with van der Waals surface area (Å²) < 4.78 is 4.86. The average Bonchev–Trinajstić information content (AvgIpc) is 1.98. The van der Waals surface area contributed by atoms with Crippen LogP contribution in [0.4, 0.5) is 0 Å². The summed E-state index contributed by atoms with van der Waals surface area (Å²) >= 11 is 3.96. The number of thiol groups is 1. The lowest BCUT2D eigenvalue weighted by atomic mass is 10.2. The van der Waals surface area contributed by atoms with Crippen LogP contribution in [0.2, 0.25) is 0 Å². The summed E-state index contributed by atoms with van der Waals surface area (Å²) in [7, 11) is 0. The van der Waals surface area contributed by atoms with E-state index in [-0.39, 0.29) is 35.9 Å². The second kappa shape index (κ2) is 6.02. The SMILES string of the molecule is CC(C)OC(=O)CCC(=O)C(C)S. The monoisotopic (exact) mass is 204 g/mol. The third kappa shape index (κ3) is 6.63. The van der Waals surface area contributed by atoms with Crippen molar-refractivity contribution in [2.45, 2.75) is 45.0 Å². The summed E-state index contributed by atoms with van der Waals surface area (Å²) in [5, 5.41) is -0.299. The first-order chi connectivity index (χ1) is 5.93. The molecule has 0 N–H and O–H groups in total. The van der Waals surface area contributed by atoms with E-state index in [0.29, 0.717) is 0 Å². The number of carbonyl (C=O) groups is 2. The minimum Gasteiger partial charge on any atom is -0.463 e. The van der Waals surface area contributed by atoms with Crippen molar-refractivity contribution in [1.82, 2.24) is 0 Å². The van der Waals surface area contributed by atoms with Gasteiger partial charge in [-0.1, -0.05) is 0 Å². The van der Waals surface area contributed by atoms with E-state index in [4.69, 9.17) is 4.74 Å². The van der Waals surface area contributed by atoms with Crippen molar-refractivity contribution in [1.29, 1.82) is 0 Å². The maximum absolute atomic E-state index is 11.0. The van der Waals surface area contributed by atoms with Crippen LogP contribution in [0, 0.1) is 0 Å². The van der Waals surface area contributed by atoms with Gasteiger partial charge in [0.2, 0.25) is 0 Å². The number of ether oxygens (including phenoxy) is 1. The van der Waals surface area contributed by atoms with Crippen LogP contribution in [-0.2, 0) is 14.3 Å². The highest BCUT2D eigenvalue weighted by atomic mass is 32.1. The smallest absolute Gasteiger partial charge is 0.306 e. The number of ketones is 1. The van der Waals surface area contributed by atoms with Crippen LogP contribution < -0.4 is 0 Å². The van der Waals surface area contributed by atoms with Gasteiger partial charge in [0, 0.05) is 6.42 Å². The Morgan fingerprint density at radius 2 is 1.77 bits per heavy atom. The summed E-state index contributed by atoms with van der Waals surface area (Å²) in [6, 6.07) is 0. The van der Waals surface area contributed by atoms with E-state index >= 15 is 0 Å². The van der Waals surface area contributed by atoms with Gasteiger partial charge in [-0.25, -0.2) is 0 Å². The van der Waals surface area contributed by atoms with Gasteiger partial charge in [-0.05, 0) is 20.8 Å². The molecule has 0 spiro atoms. The Morgan fingerprint density at radius 3 is 2.15 bits per heavy atom. The van der Waals surface area contributed by atoms with Crippen LogP contribution in [0.1, 0.15) is 33.6 Å². The number of esters is 1. The molecular weight excluding hydrogens is 188 g/mol. The zero-order valence-corrected chi connectivity index (χ0v) is 9.14. The third-order valence-electron chi connectivity index (χ3n) is 1.41. The molecule has 0 heterocycles. The number of rotatable bonds is 5. The third-order valence-corrected chi connectivity index (χ3v) is 1.70. The van der Waals surface area contributed by atoms with Crippen LogP contribution in [0.15, 0.2) is 0 Å². The van der Waals surface area contributed by atoms with Crippen LogP contribution in [0.5, 0.6) is 0 Å². The van der Waals surface area contributed by atoms with Crippen LogP contribution in [0.3, 0.4) is 0 Å². The zero-order chi connectivity index (χ0) is 10.4. The Morgan fingerprint density at radius 1 is 1.23 bits per heavy atom. The van der Waals surface area contributed by atoms with Crippen molar-refractivity contribution < 1.29 is 14.3 Å². The van der Waals surface area contributed by atoms with Crippen molar-refractivity contribution in [3.05, 3.63) is 0 Å². The molecule has 0 saturated heterocycles. The lowest BCUT2D eigenvalue weighted by Crippen LogP contribution is -2.16. The van der Waals surface area contributed by atoms with E-state index in [9.17, 15) is 9.59 Å². The molecule has 0 aromatic heterocycles. The molecule has 13 heavy (non-hydrogen) atoms. The average molecular weight is 204 g/mol. The number of hydrogen-bond acceptors (Lipinski definition) is 4. The van der Waals surface area contributed by atoms with Gasteiger partial charge < -0.3 is 4.74 Å². The highest BCUT2D eigenvalue weighted by Crippen LogP contribution is 2.03. The van der Waals surface area contributed by atoms with Crippen LogP contribution in [0.25, 0.3) is 0 Å². The highest BCUT2D eigenvalue weighted by Gasteiger charge is 2.12. The minimum absolute atomic E-state index is 0.0240. The second-order valence-corrected chi connectivity index (χ2v) is 3.96. The Kier molecular flexibility index (Phi) is 5.79. The topological polar surface area (TPSA) is 43.4 Å². The largest absolute Gasteiger partial charge is 0.463 e. The first kappa shape index (κ1) is 12.5. The van der Waals surface area contributed by atoms with Crippen LogP contribution >= 0.6 is 12.6 Å². The van der Waals surface area contributed by atoms with Crippen LogP contribution in [-0.4, -0.2) is 23.1 Å². The fourth-order valence-corrected chi connectivity index (χ4v) is 0.885. The Balaban J connectivity index is 3.64. The van der Waals surface area contributed by atoms with E-state index in [1.54, 1.807) is 20.8 Å². The van der Waals surface area contributed by atoms with Gasteiger partial charge in [0.15, 0.2) is 0 Å². The first-order valence-electron chi connectivity index (χ1n) is 4.33. The van der Waals surface area contributed by atoms with Gasteiger partial charge in [0.25, 0.3) is 0 Å². The first-order valence-corrected chi connectivity index (χ1v) is 4.85. The van der Waals surface area contributed by atoms with Gasteiger partial charge >= 0.3 is 5.97 Å². The molecule has 0 aliphatic rings. The summed E-state index contributed by atoms with van der Waals surface area (Å²) in [4.78, 5) is 22.0. The molecule has 0 bridgehead atoms. The molecule has 1 atom stereocenters. The lowest BCUT2D eigenvalue weighted by molar-refractivity contribution is -0.148. The quantitative estimate of drug-likeness (QED) is 0.546. The molecule has 3 nitrogen and oxygen atoms in total. The van der Waals surface area contributed by atoms with Gasteiger partial charge in [0.05, 0.1) is 17.8 Å². The molecule has 0 fully saturated rings. The van der Waals surface area contributed by atoms with Crippen molar-refractivity contribution in [3.8, 4) is 0 Å². The lowest BCUT2D eigenvalue weighted by Gasteiger charge is -2.07. The van der Waals surface area contributed by atoms with Crippen molar-refractivity contribution in [3.63, 3.8) is 0 Å². The molecule has 76 valence electrons. The predicted octanol–water partition coefficient (Wildman–Crippen LogP) is 1.61. The maximum Gasteiger partial charge on any atom is 0.306 e. The Hall–Kier alpha value is -0.510. The molecule has 0 aromatic carbocycles. The van der Waals surface area contributed by atoms with E-state index in [1.807, 2.05) is 0 Å². The maximum atomic E-state index is 11.0. The second-order valence-electron chi connectivity index (χ2n) is 3.18. The molecule has 4 heteroatoms. The molecule has 0 aliphatic heterocycles. The Labute approximate surface area is 84.3 Å². The van der Waals surface area contributed by atoms with E-state index < -0.39 is 0 Å². The standard InChI is InChI=1S/C9H16O3S/c1-6(2)12-9(11)5-4-8(10)7(3)13/h6-7,13H,4-5H2,1-3H3. The van der Waals surface area contributed by atoms with Gasteiger partial charge in [0.1, 0.15) is 5.78 Å². The summed E-state index contributed by atoms with van der Waals surface area (Å²) in [5.74, 6) is -0.346. The molecule has 0 amide bonds. The van der Waals surface area contributed by atoms with Gasteiger partial charge in [-0.15, -0.1) is 0 Å². The molecular formula is C9H16O3S. The normalized spacial score (nSPS) is 12.7. The fourth-order valence-electron chi connectivity index (χ4n) is 0.756. The molecule has 0 rings (SSSR count).